The largest absolute Gasteiger partial charge is 0.416 e. The van der Waals surface area contributed by atoms with E-state index in [0.717, 1.165) is 23.7 Å². The first-order valence-corrected chi connectivity index (χ1v) is 14.0. The molecular weight excluding hydrogens is 474 g/mol. The second-order valence-corrected chi connectivity index (χ2v) is 13.2. The first-order chi connectivity index (χ1) is 15.8. The van der Waals surface area contributed by atoms with Gasteiger partial charge >= 0.3 is 12.4 Å². The first kappa shape index (κ1) is 28.4. The molecule has 0 aliphatic heterocycles. The monoisotopic (exact) mass is 506 g/mol. The fourth-order valence-corrected chi connectivity index (χ4v) is 7.19. The number of halogens is 6. The number of hydrogen-bond acceptors (Lipinski definition) is 2. The van der Waals surface area contributed by atoms with Crippen molar-refractivity contribution in [3.8, 4) is 0 Å². The third kappa shape index (κ3) is 6.85. The quantitative estimate of drug-likeness (QED) is 0.224. The van der Waals surface area contributed by atoms with Gasteiger partial charge in [0.1, 0.15) is 5.60 Å². The van der Waals surface area contributed by atoms with Crippen molar-refractivity contribution < 1.29 is 35.5 Å². The summed E-state index contributed by atoms with van der Waals surface area (Å²) >= 11 is 0. The van der Waals surface area contributed by atoms with Crippen molar-refractivity contribution in [3.05, 3.63) is 70.8 Å². The molecule has 2 aromatic rings. The fourth-order valence-electron chi connectivity index (χ4n) is 4.11. The first-order valence-electron chi connectivity index (χ1n) is 11.5. The number of ether oxygens (including phenoxy) is 1. The Morgan fingerprint density at radius 1 is 0.706 bits per heavy atom. The van der Waals surface area contributed by atoms with Gasteiger partial charge in [-0.3, -0.25) is 0 Å². The van der Waals surface area contributed by atoms with E-state index in [1.807, 2.05) is 37.3 Å². The zero-order valence-corrected chi connectivity index (χ0v) is 20.9. The van der Waals surface area contributed by atoms with Crippen molar-refractivity contribution >= 4 is 8.32 Å². The highest BCUT2D eigenvalue weighted by Crippen LogP contribution is 2.39. The van der Waals surface area contributed by atoms with E-state index >= 15 is 0 Å². The Morgan fingerprint density at radius 3 is 1.62 bits per heavy atom. The summed E-state index contributed by atoms with van der Waals surface area (Å²) in [5, 5.41) is 0. The number of alkyl halides is 6. The second-order valence-electron chi connectivity index (χ2n) is 8.47. The molecule has 0 saturated heterocycles. The van der Waals surface area contributed by atoms with Crippen molar-refractivity contribution in [2.75, 3.05) is 6.61 Å². The van der Waals surface area contributed by atoms with E-state index < -0.39 is 44.0 Å². The summed E-state index contributed by atoms with van der Waals surface area (Å²) in [5.74, 6) is 0. The Balaban J connectivity index is 2.38. The van der Waals surface area contributed by atoms with Crippen LogP contribution < -0.4 is 0 Å². The minimum atomic E-state index is -4.90. The summed E-state index contributed by atoms with van der Waals surface area (Å²) in [5.41, 5.74) is -2.85. The van der Waals surface area contributed by atoms with Crippen molar-refractivity contribution in [1.29, 1.82) is 0 Å². The van der Waals surface area contributed by atoms with Gasteiger partial charge in [-0.25, -0.2) is 0 Å². The molecule has 0 heterocycles. The predicted octanol–water partition coefficient (Wildman–Crippen LogP) is 8.57. The van der Waals surface area contributed by atoms with Crippen LogP contribution in [-0.4, -0.2) is 14.9 Å². The van der Waals surface area contributed by atoms with E-state index in [1.54, 1.807) is 0 Å². The zero-order chi connectivity index (χ0) is 25.6. The molecule has 190 valence electrons. The summed E-state index contributed by atoms with van der Waals surface area (Å²) in [6, 6.07) is 13.6. The average Bonchev–Trinajstić information content (AvgIpc) is 2.81. The Kier molecular flexibility index (Phi) is 9.41. The minimum absolute atomic E-state index is 0.0137. The molecule has 0 spiro atoms. The molecule has 1 atom stereocenters. The third-order valence-electron chi connectivity index (χ3n) is 6.47. The smallest absolute Gasteiger partial charge is 0.405 e. The van der Waals surface area contributed by atoms with Crippen molar-refractivity contribution in [3.63, 3.8) is 0 Å². The van der Waals surface area contributed by atoms with Crippen LogP contribution in [0.2, 0.25) is 18.1 Å². The van der Waals surface area contributed by atoms with Gasteiger partial charge in [-0.15, -0.1) is 0 Å². The summed E-state index contributed by atoms with van der Waals surface area (Å²) in [7, 11) is -2.13. The SMILES string of the molecule is CCC(COCc1cc(C(F)(F)F)cc(C(F)(F)F)c1)(O[Si](CC)(CC)CC)c1ccccc1. The molecule has 1 unspecified atom stereocenters. The highest BCUT2D eigenvalue weighted by molar-refractivity contribution is 6.73. The van der Waals surface area contributed by atoms with Gasteiger partial charge in [0.15, 0.2) is 8.32 Å². The summed E-state index contributed by atoms with van der Waals surface area (Å²) in [6.45, 7) is 7.83. The van der Waals surface area contributed by atoms with Gasteiger partial charge in [0.2, 0.25) is 0 Å². The Hall–Kier alpha value is -1.84. The van der Waals surface area contributed by atoms with Gasteiger partial charge < -0.3 is 9.16 Å². The van der Waals surface area contributed by atoms with E-state index in [0.29, 0.717) is 18.6 Å². The summed E-state index contributed by atoms with van der Waals surface area (Å²) in [6.07, 6.45) is -9.25. The van der Waals surface area contributed by atoms with Crippen molar-refractivity contribution in [2.24, 2.45) is 0 Å². The van der Waals surface area contributed by atoms with Crippen molar-refractivity contribution in [1.82, 2.24) is 0 Å². The molecule has 0 radical (unpaired) electrons. The second kappa shape index (κ2) is 11.3. The van der Waals surface area contributed by atoms with E-state index in [2.05, 4.69) is 20.8 Å². The predicted molar refractivity (Wildman–Crippen MR) is 123 cm³/mol. The van der Waals surface area contributed by atoms with E-state index in [-0.39, 0.29) is 18.2 Å². The molecule has 0 bridgehead atoms. The summed E-state index contributed by atoms with van der Waals surface area (Å²) in [4.78, 5) is 0. The van der Waals surface area contributed by atoms with Gasteiger partial charge in [-0.05, 0) is 53.9 Å². The molecule has 2 aromatic carbocycles. The van der Waals surface area contributed by atoms with Gasteiger partial charge in [0, 0.05) is 0 Å². The van der Waals surface area contributed by atoms with Crippen molar-refractivity contribution in [2.45, 2.75) is 76.8 Å². The number of hydrogen-bond donors (Lipinski definition) is 0. The summed E-state index contributed by atoms with van der Waals surface area (Å²) < 4.78 is 91.9. The van der Waals surface area contributed by atoms with E-state index in [4.69, 9.17) is 9.16 Å². The van der Waals surface area contributed by atoms with Crippen LogP contribution >= 0.6 is 0 Å². The maximum Gasteiger partial charge on any atom is 0.416 e. The molecule has 0 aliphatic rings. The maximum atomic E-state index is 13.2. The standard InChI is InChI=1S/C25H32F6O2Si/c1-5-23(20-12-10-9-11-13-20,33-34(6-2,7-3)8-4)18-32-17-19-14-21(24(26,27)28)16-22(15-19)25(29,30)31/h9-16H,5-8,17-18H2,1-4H3. The van der Waals surface area contributed by atoms with E-state index in [1.165, 1.54) is 0 Å². The normalized spacial score (nSPS) is 14.8. The third-order valence-corrected chi connectivity index (χ3v) is 11.2. The van der Waals surface area contributed by atoms with Crippen LogP contribution in [0.1, 0.15) is 56.4 Å². The zero-order valence-electron chi connectivity index (χ0n) is 19.9. The lowest BCUT2D eigenvalue weighted by Crippen LogP contribution is -2.47. The number of rotatable bonds is 11. The minimum Gasteiger partial charge on any atom is -0.405 e. The van der Waals surface area contributed by atoms with Gasteiger partial charge in [0.25, 0.3) is 0 Å². The molecule has 0 amide bonds. The maximum absolute atomic E-state index is 13.2. The number of benzene rings is 2. The Labute approximate surface area is 198 Å². The van der Waals surface area contributed by atoms with Crippen LogP contribution in [0.4, 0.5) is 26.3 Å². The lowest BCUT2D eigenvalue weighted by Gasteiger charge is -2.42. The lowest BCUT2D eigenvalue weighted by molar-refractivity contribution is -0.143. The highest BCUT2D eigenvalue weighted by atomic mass is 28.4. The Bertz CT molecular complexity index is 869. The van der Waals surface area contributed by atoms with Crippen LogP contribution in [0, 0.1) is 0 Å². The van der Waals surface area contributed by atoms with Crippen LogP contribution in [0.15, 0.2) is 48.5 Å². The molecular formula is C25H32F6O2Si. The highest BCUT2D eigenvalue weighted by Gasteiger charge is 2.42. The molecule has 0 saturated carbocycles. The molecule has 0 fully saturated rings. The van der Waals surface area contributed by atoms with Gasteiger partial charge in [-0.1, -0.05) is 58.0 Å². The molecule has 0 N–H and O–H groups in total. The van der Waals surface area contributed by atoms with E-state index in [9.17, 15) is 26.3 Å². The van der Waals surface area contributed by atoms with Crippen LogP contribution in [0.25, 0.3) is 0 Å². The van der Waals surface area contributed by atoms with Crippen LogP contribution in [0.5, 0.6) is 0 Å². The van der Waals surface area contributed by atoms with Crippen LogP contribution in [0.3, 0.4) is 0 Å². The molecule has 0 aliphatic carbocycles. The molecule has 0 aromatic heterocycles. The van der Waals surface area contributed by atoms with Gasteiger partial charge in [-0.2, -0.15) is 26.3 Å². The van der Waals surface area contributed by atoms with Crippen LogP contribution in [-0.2, 0) is 33.7 Å². The molecule has 9 heteroatoms. The van der Waals surface area contributed by atoms with Gasteiger partial charge in [0.05, 0.1) is 24.3 Å². The molecule has 2 rings (SSSR count). The molecule has 2 nitrogen and oxygen atoms in total. The lowest BCUT2D eigenvalue weighted by atomic mass is 9.92. The fraction of sp³-hybridized carbons (Fsp3) is 0.520. The topological polar surface area (TPSA) is 18.5 Å². The molecule has 34 heavy (non-hydrogen) atoms. The Morgan fingerprint density at radius 2 is 1.21 bits per heavy atom. The average molecular weight is 507 g/mol.